The summed E-state index contributed by atoms with van der Waals surface area (Å²) in [5.41, 5.74) is 7.77. The van der Waals surface area contributed by atoms with Crippen molar-refractivity contribution in [3.05, 3.63) is 29.8 Å². The fourth-order valence-electron chi connectivity index (χ4n) is 2.00. The topological polar surface area (TPSA) is 63.4 Å². The van der Waals surface area contributed by atoms with Gasteiger partial charge in [-0.2, -0.15) is 0 Å². The molecule has 0 atom stereocenters. The summed E-state index contributed by atoms with van der Waals surface area (Å²) >= 11 is 0. The number of nitrogen functional groups attached to an aromatic ring is 1. The molecule has 0 amide bonds. The van der Waals surface area contributed by atoms with Crippen molar-refractivity contribution in [3.63, 3.8) is 0 Å². The summed E-state index contributed by atoms with van der Waals surface area (Å²) in [6.45, 7) is 7.69. The Balaban J connectivity index is 2.68. The van der Waals surface area contributed by atoms with Crippen LogP contribution >= 0.6 is 0 Å². The number of nitrogens with zero attached hydrogens (tertiary/aromatic N) is 1. The molecule has 0 fully saturated rings. The van der Waals surface area contributed by atoms with Gasteiger partial charge in [-0.05, 0) is 38.4 Å². The van der Waals surface area contributed by atoms with Gasteiger partial charge < -0.3 is 5.73 Å². The van der Waals surface area contributed by atoms with Gasteiger partial charge in [-0.3, -0.25) is 4.90 Å². The first-order chi connectivity index (χ1) is 9.36. The predicted molar refractivity (Wildman–Crippen MR) is 85.3 cm³/mol. The van der Waals surface area contributed by atoms with Crippen LogP contribution in [0, 0.1) is 0 Å². The first-order valence-electron chi connectivity index (χ1n) is 7.14. The van der Waals surface area contributed by atoms with Crippen LogP contribution in [0.3, 0.4) is 0 Å². The van der Waals surface area contributed by atoms with E-state index in [4.69, 9.17) is 5.73 Å². The second-order valence-electron chi connectivity index (χ2n) is 5.39. The molecule has 114 valence electrons. The molecule has 0 aromatic heterocycles. The number of benzene rings is 1. The summed E-state index contributed by atoms with van der Waals surface area (Å²) in [5, 5.41) is -0.312. The van der Waals surface area contributed by atoms with E-state index in [1.165, 1.54) is 0 Å². The van der Waals surface area contributed by atoms with E-state index in [0.717, 1.165) is 24.2 Å². The standard InChI is InChI=1S/C15H26N2O2S/c1-4-9-17(10-11-20(18,19)13(2)3)12-14-7-5-6-8-15(14)16/h5-8,13H,4,9-12,16H2,1-3H3. The molecule has 2 N–H and O–H groups in total. The predicted octanol–water partition coefficient (Wildman–Crippen LogP) is 2.30. The first-order valence-corrected chi connectivity index (χ1v) is 8.85. The van der Waals surface area contributed by atoms with Crippen LogP contribution in [-0.4, -0.2) is 37.4 Å². The number of rotatable bonds is 8. The van der Waals surface area contributed by atoms with E-state index in [0.29, 0.717) is 13.1 Å². The van der Waals surface area contributed by atoms with Crippen LogP contribution in [-0.2, 0) is 16.4 Å². The van der Waals surface area contributed by atoms with Gasteiger partial charge >= 0.3 is 0 Å². The maximum absolute atomic E-state index is 11.9. The molecule has 1 aromatic rings. The molecule has 20 heavy (non-hydrogen) atoms. The zero-order valence-corrected chi connectivity index (χ0v) is 13.5. The van der Waals surface area contributed by atoms with Crippen molar-refractivity contribution < 1.29 is 8.42 Å². The molecule has 0 unspecified atom stereocenters. The number of hydrogen-bond acceptors (Lipinski definition) is 4. The molecule has 0 spiro atoms. The van der Waals surface area contributed by atoms with Gasteiger partial charge in [0.25, 0.3) is 0 Å². The lowest BCUT2D eigenvalue weighted by atomic mass is 10.1. The third-order valence-corrected chi connectivity index (χ3v) is 5.59. The van der Waals surface area contributed by atoms with E-state index in [1.807, 2.05) is 24.3 Å². The Bertz CT molecular complexity index is 512. The van der Waals surface area contributed by atoms with Crippen LogP contribution in [0.4, 0.5) is 5.69 Å². The molecular weight excluding hydrogens is 272 g/mol. The summed E-state index contributed by atoms with van der Waals surface area (Å²) < 4.78 is 23.8. The van der Waals surface area contributed by atoms with Crippen LogP contribution in [0.25, 0.3) is 0 Å². The molecular formula is C15H26N2O2S. The zero-order valence-electron chi connectivity index (χ0n) is 12.7. The lowest BCUT2D eigenvalue weighted by Crippen LogP contribution is -2.32. The Labute approximate surface area is 122 Å². The third-order valence-electron chi connectivity index (χ3n) is 3.40. The van der Waals surface area contributed by atoms with Crippen molar-refractivity contribution in [1.29, 1.82) is 0 Å². The minimum Gasteiger partial charge on any atom is -0.398 e. The van der Waals surface area contributed by atoms with Crippen LogP contribution < -0.4 is 5.73 Å². The van der Waals surface area contributed by atoms with Crippen molar-refractivity contribution in [1.82, 2.24) is 4.90 Å². The number of hydrogen-bond donors (Lipinski definition) is 1. The molecule has 0 saturated carbocycles. The Kier molecular flexibility index (Phi) is 6.49. The van der Waals surface area contributed by atoms with Gasteiger partial charge in [0.15, 0.2) is 9.84 Å². The molecule has 0 aliphatic carbocycles. The van der Waals surface area contributed by atoms with E-state index >= 15 is 0 Å². The summed E-state index contributed by atoms with van der Waals surface area (Å²) in [5.74, 6) is 0.206. The van der Waals surface area contributed by atoms with Crippen molar-refractivity contribution in [3.8, 4) is 0 Å². The van der Waals surface area contributed by atoms with Crippen molar-refractivity contribution in [2.24, 2.45) is 0 Å². The van der Waals surface area contributed by atoms with Crippen LogP contribution in [0.5, 0.6) is 0 Å². The fourth-order valence-corrected chi connectivity index (χ4v) is 2.98. The molecule has 5 heteroatoms. The van der Waals surface area contributed by atoms with Crippen molar-refractivity contribution >= 4 is 15.5 Å². The van der Waals surface area contributed by atoms with E-state index in [2.05, 4.69) is 11.8 Å². The van der Waals surface area contributed by atoms with Gasteiger partial charge in [-0.15, -0.1) is 0 Å². The van der Waals surface area contributed by atoms with E-state index in [1.54, 1.807) is 13.8 Å². The highest BCUT2D eigenvalue weighted by Crippen LogP contribution is 2.14. The first kappa shape index (κ1) is 17.0. The van der Waals surface area contributed by atoms with Crippen LogP contribution in [0.2, 0.25) is 0 Å². The molecule has 0 bridgehead atoms. The van der Waals surface area contributed by atoms with Gasteiger partial charge in [-0.25, -0.2) is 8.42 Å². The van der Waals surface area contributed by atoms with Gasteiger partial charge in [0.05, 0.1) is 11.0 Å². The van der Waals surface area contributed by atoms with Gasteiger partial charge in [0.1, 0.15) is 0 Å². The number of anilines is 1. The van der Waals surface area contributed by atoms with E-state index in [-0.39, 0.29) is 11.0 Å². The molecule has 0 saturated heterocycles. The second kappa shape index (κ2) is 7.64. The molecule has 4 nitrogen and oxygen atoms in total. The summed E-state index contributed by atoms with van der Waals surface area (Å²) in [6, 6.07) is 7.74. The Hall–Kier alpha value is -1.07. The number of para-hydroxylation sites is 1. The highest BCUT2D eigenvalue weighted by atomic mass is 32.2. The van der Waals surface area contributed by atoms with Crippen molar-refractivity contribution in [2.75, 3.05) is 24.6 Å². The SMILES string of the molecule is CCCN(CCS(=O)(=O)C(C)C)Cc1ccccc1N. The van der Waals surface area contributed by atoms with Crippen LogP contribution in [0.15, 0.2) is 24.3 Å². The monoisotopic (exact) mass is 298 g/mol. The van der Waals surface area contributed by atoms with Gasteiger partial charge in [0, 0.05) is 18.8 Å². The maximum atomic E-state index is 11.9. The molecule has 0 aliphatic heterocycles. The Morgan fingerprint density at radius 3 is 2.40 bits per heavy atom. The maximum Gasteiger partial charge on any atom is 0.153 e. The zero-order chi connectivity index (χ0) is 15.2. The summed E-state index contributed by atoms with van der Waals surface area (Å²) in [6.07, 6.45) is 0.995. The smallest absolute Gasteiger partial charge is 0.153 e. The quantitative estimate of drug-likeness (QED) is 0.748. The summed E-state index contributed by atoms with van der Waals surface area (Å²) in [7, 11) is -2.99. The van der Waals surface area contributed by atoms with Gasteiger partial charge in [0.2, 0.25) is 0 Å². The second-order valence-corrected chi connectivity index (χ2v) is 8.07. The Morgan fingerprint density at radius 1 is 1.20 bits per heavy atom. The highest BCUT2D eigenvalue weighted by Gasteiger charge is 2.18. The minimum atomic E-state index is -2.99. The van der Waals surface area contributed by atoms with E-state index < -0.39 is 9.84 Å². The molecule has 0 aliphatic rings. The lowest BCUT2D eigenvalue weighted by Gasteiger charge is -2.23. The van der Waals surface area contributed by atoms with Gasteiger partial charge in [-0.1, -0.05) is 25.1 Å². The van der Waals surface area contributed by atoms with E-state index in [9.17, 15) is 8.42 Å². The lowest BCUT2D eigenvalue weighted by molar-refractivity contribution is 0.282. The van der Waals surface area contributed by atoms with Crippen LogP contribution in [0.1, 0.15) is 32.8 Å². The average molecular weight is 298 g/mol. The number of nitrogens with two attached hydrogens (primary N) is 1. The highest BCUT2D eigenvalue weighted by molar-refractivity contribution is 7.92. The molecule has 0 radical (unpaired) electrons. The molecule has 1 rings (SSSR count). The fraction of sp³-hybridized carbons (Fsp3) is 0.600. The normalized spacial score (nSPS) is 12.2. The Morgan fingerprint density at radius 2 is 1.85 bits per heavy atom. The molecule has 1 aromatic carbocycles. The minimum absolute atomic E-state index is 0.206. The van der Waals surface area contributed by atoms with Crippen molar-refractivity contribution in [2.45, 2.75) is 39.0 Å². The number of sulfone groups is 1. The largest absolute Gasteiger partial charge is 0.398 e. The average Bonchev–Trinajstić information content (AvgIpc) is 2.38. The summed E-state index contributed by atoms with van der Waals surface area (Å²) in [4.78, 5) is 2.16. The molecule has 0 heterocycles. The third kappa shape index (κ3) is 5.13.